The van der Waals surface area contributed by atoms with Crippen molar-refractivity contribution >= 4 is 70.2 Å². The number of hydrogen-bond acceptors (Lipinski definition) is 3. The van der Waals surface area contributed by atoms with Gasteiger partial charge in [0.25, 0.3) is 0 Å². The van der Waals surface area contributed by atoms with Crippen molar-refractivity contribution in [3.05, 3.63) is 241 Å². The van der Waals surface area contributed by atoms with E-state index in [2.05, 4.69) is 223 Å². The maximum absolute atomic E-state index is 5.56. The molecule has 0 atom stereocenters. The van der Waals surface area contributed by atoms with E-state index in [1.807, 2.05) is 11.3 Å². The molecule has 12 rings (SSSR count). The molecule has 0 amide bonds. The number of hydrogen-bond donors (Lipinski definition) is 0. The zero-order valence-corrected chi connectivity index (χ0v) is 32.9. The molecule has 0 spiro atoms. The summed E-state index contributed by atoms with van der Waals surface area (Å²) in [5, 5.41) is 6.23. The third-order valence-electron chi connectivity index (χ3n) is 12.3. The van der Waals surface area contributed by atoms with Crippen molar-refractivity contribution in [2.75, 3.05) is 4.90 Å². The smallest absolute Gasteiger partial charge is 0.0794 e. The fraction of sp³-hybridized carbons (Fsp3) is 0.0179. The van der Waals surface area contributed by atoms with Crippen LogP contribution >= 0.6 is 11.3 Å². The number of pyridine rings is 1. The number of fused-ring (bicyclic) bond motifs is 9. The number of rotatable bonds is 5. The molecular formula is C56H36N2S. The highest BCUT2D eigenvalue weighted by Gasteiger charge is 2.46. The summed E-state index contributed by atoms with van der Waals surface area (Å²) >= 11 is 1.86. The average molecular weight is 769 g/mol. The molecule has 0 unspecified atom stereocenters. The van der Waals surface area contributed by atoms with Gasteiger partial charge in [0.2, 0.25) is 0 Å². The minimum atomic E-state index is -0.501. The number of benzene rings is 9. The molecule has 3 heterocycles. The Hall–Kier alpha value is -7.33. The summed E-state index contributed by atoms with van der Waals surface area (Å²) in [4.78, 5) is 8.00. The van der Waals surface area contributed by atoms with Crippen LogP contribution in [0.1, 0.15) is 22.3 Å². The minimum Gasteiger partial charge on any atom is -0.310 e. The molecule has 0 N–H and O–H groups in total. The number of para-hydroxylation sites is 3. The molecule has 0 saturated carbocycles. The van der Waals surface area contributed by atoms with Gasteiger partial charge in [-0.15, -0.1) is 11.3 Å². The lowest BCUT2D eigenvalue weighted by molar-refractivity contribution is 0.731. The highest BCUT2D eigenvalue weighted by atomic mass is 32.1. The van der Waals surface area contributed by atoms with Gasteiger partial charge in [-0.25, -0.2) is 4.98 Å². The molecule has 0 bridgehead atoms. The molecule has 9 aromatic carbocycles. The number of nitrogens with zero attached hydrogens (tertiary/aromatic N) is 2. The highest BCUT2D eigenvalue weighted by Crippen LogP contribution is 2.57. The van der Waals surface area contributed by atoms with Crippen LogP contribution in [0, 0.1) is 0 Å². The lowest BCUT2D eigenvalue weighted by Gasteiger charge is -2.46. The normalized spacial score (nSPS) is 13.2. The Bertz CT molecular complexity index is 3280. The zero-order chi connectivity index (χ0) is 38.9. The lowest BCUT2D eigenvalue weighted by atomic mass is 9.62. The van der Waals surface area contributed by atoms with Gasteiger partial charge < -0.3 is 4.90 Å². The molecule has 0 radical (unpaired) electrons. The highest BCUT2D eigenvalue weighted by molar-refractivity contribution is 7.26. The first-order valence-corrected chi connectivity index (χ1v) is 21.0. The van der Waals surface area contributed by atoms with Crippen molar-refractivity contribution in [3.8, 4) is 22.4 Å². The van der Waals surface area contributed by atoms with E-state index in [-0.39, 0.29) is 0 Å². The largest absolute Gasteiger partial charge is 0.310 e. The first-order chi connectivity index (χ1) is 29.3. The number of thiophene rings is 1. The fourth-order valence-electron chi connectivity index (χ4n) is 9.86. The van der Waals surface area contributed by atoms with Crippen LogP contribution in [0.5, 0.6) is 0 Å². The summed E-state index contributed by atoms with van der Waals surface area (Å²) < 4.78 is 2.60. The fourth-order valence-corrected chi connectivity index (χ4v) is 11.0. The maximum Gasteiger partial charge on any atom is 0.0794 e. The van der Waals surface area contributed by atoms with E-state index in [1.54, 1.807) is 0 Å². The second kappa shape index (κ2) is 13.4. The molecule has 1 aliphatic heterocycles. The van der Waals surface area contributed by atoms with Gasteiger partial charge in [-0.05, 0) is 64.2 Å². The Morgan fingerprint density at radius 1 is 0.390 bits per heavy atom. The Balaban J connectivity index is 1.06. The van der Waals surface area contributed by atoms with Gasteiger partial charge in [0.15, 0.2) is 0 Å². The molecule has 1 aliphatic rings. The topological polar surface area (TPSA) is 16.1 Å². The van der Waals surface area contributed by atoms with Gasteiger partial charge >= 0.3 is 0 Å². The maximum atomic E-state index is 5.56. The van der Waals surface area contributed by atoms with Crippen LogP contribution in [-0.2, 0) is 5.41 Å². The molecule has 0 fully saturated rings. The standard InChI is InChI=1S/C56H36N2S/c1-4-17-38(18-5-1)54-45-35-36-51-53(43-23-10-15-30-50(43)59-51)52(45)44-25-16-24-42(55(44)57-54)37-31-33-41(34-32-37)58-48-28-13-11-26-46(48)56(39-19-6-2-7-20-39,40-21-8-3-9-22-40)47-27-12-14-29-49(47)58/h1-36H. The summed E-state index contributed by atoms with van der Waals surface area (Å²) in [5.74, 6) is 0. The molecule has 0 aliphatic carbocycles. The minimum absolute atomic E-state index is 0.501. The van der Waals surface area contributed by atoms with E-state index >= 15 is 0 Å². The SMILES string of the molecule is c1ccc(-c2nc3c(-c4ccc(N5c6ccccc6C(c6ccccc6)(c6ccccc6)c6ccccc65)cc4)cccc3c3c2ccc2sc4ccccc4c23)cc1. The van der Waals surface area contributed by atoms with Crippen molar-refractivity contribution in [2.24, 2.45) is 0 Å². The van der Waals surface area contributed by atoms with Crippen LogP contribution in [0.4, 0.5) is 17.1 Å². The van der Waals surface area contributed by atoms with Gasteiger partial charge in [0, 0.05) is 53.1 Å². The van der Waals surface area contributed by atoms with Crippen LogP contribution in [0.2, 0.25) is 0 Å². The number of aromatic nitrogens is 1. The van der Waals surface area contributed by atoms with Crippen molar-refractivity contribution in [3.63, 3.8) is 0 Å². The first kappa shape index (κ1) is 33.8. The molecule has 2 nitrogen and oxygen atoms in total. The predicted octanol–water partition coefficient (Wildman–Crippen LogP) is 15.3. The van der Waals surface area contributed by atoms with Crippen LogP contribution in [0.25, 0.3) is 64.2 Å². The molecule has 3 heteroatoms. The Morgan fingerprint density at radius 3 is 1.64 bits per heavy atom. The van der Waals surface area contributed by atoms with Gasteiger partial charge in [-0.2, -0.15) is 0 Å². The van der Waals surface area contributed by atoms with Gasteiger partial charge in [-0.1, -0.05) is 182 Å². The van der Waals surface area contributed by atoms with Crippen molar-refractivity contribution in [1.29, 1.82) is 0 Å². The second-order valence-corrected chi connectivity index (χ2v) is 16.5. The quantitative estimate of drug-likeness (QED) is 0.162. The van der Waals surface area contributed by atoms with Crippen LogP contribution in [-0.4, -0.2) is 4.98 Å². The van der Waals surface area contributed by atoms with E-state index in [4.69, 9.17) is 4.98 Å². The third kappa shape index (κ3) is 5.02. The van der Waals surface area contributed by atoms with E-state index in [0.717, 1.165) is 33.6 Å². The van der Waals surface area contributed by atoms with E-state index < -0.39 is 5.41 Å². The summed E-state index contributed by atoms with van der Waals surface area (Å²) in [6.07, 6.45) is 0. The zero-order valence-electron chi connectivity index (χ0n) is 32.1. The summed E-state index contributed by atoms with van der Waals surface area (Å²) in [6.45, 7) is 0. The van der Waals surface area contributed by atoms with Gasteiger partial charge in [-0.3, -0.25) is 0 Å². The summed E-state index contributed by atoms with van der Waals surface area (Å²) in [5.41, 5.74) is 13.4. The number of anilines is 3. The Morgan fingerprint density at radius 2 is 0.966 bits per heavy atom. The molecule has 276 valence electrons. The third-order valence-corrected chi connectivity index (χ3v) is 13.5. The van der Waals surface area contributed by atoms with Crippen molar-refractivity contribution < 1.29 is 0 Å². The second-order valence-electron chi connectivity index (χ2n) is 15.4. The molecule has 11 aromatic rings. The molecule has 59 heavy (non-hydrogen) atoms. The van der Waals surface area contributed by atoms with Crippen LogP contribution in [0.15, 0.2) is 218 Å². The average Bonchev–Trinajstić information content (AvgIpc) is 3.70. The van der Waals surface area contributed by atoms with Crippen molar-refractivity contribution in [1.82, 2.24) is 4.98 Å². The van der Waals surface area contributed by atoms with Crippen LogP contribution in [0.3, 0.4) is 0 Å². The lowest BCUT2D eigenvalue weighted by Crippen LogP contribution is -2.37. The van der Waals surface area contributed by atoms with Crippen LogP contribution < -0.4 is 4.90 Å². The molecular weight excluding hydrogens is 733 g/mol. The first-order valence-electron chi connectivity index (χ1n) is 20.2. The van der Waals surface area contributed by atoms with E-state index in [0.29, 0.717) is 0 Å². The monoisotopic (exact) mass is 768 g/mol. The Labute approximate surface area is 346 Å². The summed E-state index contributed by atoms with van der Waals surface area (Å²) in [6, 6.07) is 79.7. The van der Waals surface area contributed by atoms with E-state index in [9.17, 15) is 0 Å². The van der Waals surface area contributed by atoms with E-state index in [1.165, 1.54) is 70.0 Å². The summed E-state index contributed by atoms with van der Waals surface area (Å²) in [7, 11) is 0. The van der Waals surface area contributed by atoms with Gasteiger partial charge in [0.05, 0.1) is 28.0 Å². The Kier molecular flexibility index (Phi) is 7.66. The van der Waals surface area contributed by atoms with Crippen molar-refractivity contribution in [2.45, 2.75) is 5.41 Å². The van der Waals surface area contributed by atoms with Gasteiger partial charge in [0.1, 0.15) is 0 Å². The predicted molar refractivity (Wildman–Crippen MR) is 250 cm³/mol. The molecule has 2 aromatic heterocycles. The molecule has 0 saturated heterocycles.